The number of aryl methyl sites for hydroxylation is 1. The molecule has 0 radical (unpaired) electrons. The highest BCUT2D eigenvalue weighted by Crippen LogP contribution is 2.19. The van der Waals surface area contributed by atoms with Crippen molar-refractivity contribution in [2.45, 2.75) is 13.3 Å². The van der Waals surface area contributed by atoms with Gasteiger partial charge in [-0.25, -0.2) is 14.4 Å². The van der Waals surface area contributed by atoms with Gasteiger partial charge in [-0.15, -0.1) is 0 Å². The minimum absolute atomic E-state index is 0.175. The Kier molecular flexibility index (Phi) is 3.10. The summed E-state index contributed by atoms with van der Waals surface area (Å²) in [6.07, 6.45) is 1.78. The molecular formula is C13H10FN3. The lowest BCUT2D eigenvalue weighted by molar-refractivity contribution is 0.619. The number of nitriles is 1. The Morgan fingerprint density at radius 2 is 2.18 bits per heavy atom. The average molecular weight is 227 g/mol. The number of aromatic nitrogens is 2. The number of hydrogen-bond acceptors (Lipinski definition) is 3. The monoisotopic (exact) mass is 227 g/mol. The predicted octanol–water partition coefficient (Wildman–Crippen LogP) is 2.66. The van der Waals surface area contributed by atoms with Gasteiger partial charge in [0.15, 0.2) is 0 Å². The minimum atomic E-state index is -0.236. The van der Waals surface area contributed by atoms with Crippen molar-refractivity contribution in [2.24, 2.45) is 0 Å². The summed E-state index contributed by atoms with van der Waals surface area (Å²) in [5.74, 6) is 0.243. The quantitative estimate of drug-likeness (QED) is 0.792. The molecule has 0 unspecified atom stereocenters. The molecule has 0 amide bonds. The molecule has 1 heterocycles. The van der Waals surface area contributed by atoms with Gasteiger partial charge in [0.1, 0.15) is 11.6 Å². The number of hydrogen-bond donors (Lipinski definition) is 0. The van der Waals surface area contributed by atoms with Crippen molar-refractivity contribution < 1.29 is 4.39 Å². The lowest BCUT2D eigenvalue weighted by Gasteiger charge is -2.03. The Hall–Kier alpha value is -2.28. The molecule has 4 heteroatoms. The molecule has 84 valence electrons. The molecule has 0 N–H and O–H groups in total. The van der Waals surface area contributed by atoms with Gasteiger partial charge < -0.3 is 0 Å². The Morgan fingerprint density at radius 3 is 2.88 bits per heavy atom. The zero-order valence-electron chi connectivity index (χ0n) is 9.31. The van der Waals surface area contributed by atoms with Crippen molar-refractivity contribution in [1.29, 1.82) is 5.26 Å². The largest absolute Gasteiger partial charge is 0.240 e. The van der Waals surface area contributed by atoms with Crippen LogP contribution >= 0.6 is 0 Å². The third-order valence-electron chi connectivity index (χ3n) is 2.40. The van der Waals surface area contributed by atoms with E-state index in [1.807, 2.05) is 6.07 Å². The maximum atomic E-state index is 13.1. The van der Waals surface area contributed by atoms with E-state index < -0.39 is 0 Å². The molecule has 17 heavy (non-hydrogen) atoms. The van der Waals surface area contributed by atoms with Crippen molar-refractivity contribution in [1.82, 2.24) is 9.97 Å². The van der Waals surface area contributed by atoms with Crippen LogP contribution in [0.25, 0.3) is 11.3 Å². The van der Waals surface area contributed by atoms with E-state index in [1.165, 1.54) is 6.07 Å². The second kappa shape index (κ2) is 4.71. The smallest absolute Gasteiger partial charge is 0.142 e. The van der Waals surface area contributed by atoms with Gasteiger partial charge >= 0.3 is 0 Å². The highest BCUT2D eigenvalue weighted by atomic mass is 19.1. The van der Waals surface area contributed by atoms with Gasteiger partial charge in [-0.2, -0.15) is 5.26 Å². The SMILES string of the molecule is Cc1cc(-c2ccnc(CC#N)n2)ccc1F. The zero-order valence-corrected chi connectivity index (χ0v) is 9.31. The van der Waals surface area contributed by atoms with Crippen LogP contribution in [-0.4, -0.2) is 9.97 Å². The molecule has 0 fully saturated rings. The summed E-state index contributed by atoms with van der Waals surface area (Å²) in [6, 6.07) is 8.55. The van der Waals surface area contributed by atoms with Crippen molar-refractivity contribution >= 4 is 0 Å². The second-order valence-electron chi connectivity index (χ2n) is 3.66. The Bertz CT molecular complexity index is 587. The van der Waals surface area contributed by atoms with E-state index >= 15 is 0 Å². The van der Waals surface area contributed by atoms with E-state index in [-0.39, 0.29) is 12.2 Å². The molecule has 0 saturated carbocycles. The van der Waals surface area contributed by atoms with Crippen molar-refractivity contribution in [2.75, 3.05) is 0 Å². The van der Waals surface area contributed by atoms with Crippen LogP contribution in [-0.2, 0) is 6.42 Å². The fraction of sp³-hybridized carbons (Fsp3) is 0.154. The maximum Gasteiger partial charge on any atom is 0.142 e. The van der Waals surface area contributed by atoms with Crippen LogP contribution in [0.3, 0.4) is 0 Å². The van der Waals surface area contributed by atoms with Crippen LogP contribution in [0.1, 0.15) is 11.4 Å². The Balaban J connectivity index is 2.42. The summed E-state index contributed by atoms with van der Waals surface area (Å²) >= 11 is 0. The number of rotatable bonds is 2. The summed E-state index contributed by atoms with van der Waals surface area (Å²) < 4.78 is 13.1. The Labute approximate surface area is 98.6 Å². The van der Waals surface area contributed by atoms with Crippen molar-refractivity contribution in [3.63, 3.8) is 0 Å². The van der Waals surface area contributed by atoms with E-state index in [2.05, 4.69) is 9.97 Å². The van der Waals surface area contributed by atoms with Crippen molar-refractivity contribution in [3.8, 4) is 17.3 Å². The fourth-order valence-electron chi connectivity index (χ4n) is 1.52. The Morgan fingerprint density at radius 1 is 1.35 bits per heavy atom. The van der Waals surface area contributed by atoms with Crippen LogP contribution in [0.5, 0.6) is 0 Å². The lowest BCUT2D eigenvalue weighted by Crippen LogP contribution is -1.95. The highest BCUT2D eigenvalue weighted by molar-refractivity contribution is 5.59. The first kappa shape index (κ1) is 11.2. The first-order chi connectivity index (χ1) is 8.20. The zero-order chi connectivity index (χ0) is 12.3. The number of nitrogens with zero attached hydrogens (tertiary/aromatic N) is 3. The second-order valence-corrected chi connectivity index (χ2v) is 3.66. The lowest BCUT2D eigenvalue weighted by atomic mass is 10.1. The summed E-state index contributed by atoms with van der Waals surface area (Å²) in [7, 11) is 0. The molecule has 0 atom stereocenters. The molecular weight excluding hydrogens is 217 g/mol. The maximum absolute atomic E-state index is 13.1. The summed E-state index contributed by atoms with van der Waals surface area (Å²) in [5.41, 5.74) is 2.10. The molecule has 0 aliphatic carbocycles. The normalized spacial score (nSPS) is 9.94. The third kappa shape index (κ3) is 2.45. The molecule has 0 spiro atoms. The first-order valence-corrected chi connectivity index (χ1v) is 5.16. The molecule has 0 aliphatic rings. The highest BCUT2D eigenvalue weighted by Gasteiger charge is 2.04. The van der Waals surface area contributed by atoms with Gasteiger partial charge in [0, 0.05) is 11.8 Å². The van der Waals surface area contributed by atoms with Crippen LogP contribution in [0.2, 0.25) is 0 Å². The van der Waals surface area contributed by atoms with Gasteiger partial charge in [0.2, 0.25) is 0 Å². The summed E-state index contributed by atoms with van der Waals surface area (Å²) in [4.78, 5) is 8.23. The average Bonchev–Trinajstić information content (AvgIpc) is 2.33. The first-order valence-electron chi connectivity index (χ1n) is 5.16. The van der Waals surface area contributed by atoms with E-state index in [1.54, 1.807) is 31.3 Å². The van der Waals surface area contributed by atoms with Crippen molar-refractivity contribution in [3.05, 3.63) is 47.7 Å². The van der Waals surface area contributed by atoms with E-state index in [9.17, 15) is 4.39 Å². The molecule has 3 nitrogen and oxygen atoms in total. The molecule has 1 aromatic carbocycles. The third-order valence-corrected chi connectivity index (χ3v) is 2.40. The summed E-state index contributed by atoms with van der Waals surface area (Å²) in [5, 5.41) is 8.58. The van der Waals surface area contributed by atoms with E-state index in [0.29, 0.717) is 17.1 Å². The molecule has 0 saturated heterocycles. The number of benzene rings is 1. The molecule has 2 aromatic rings. The summed E-state index contributed by atoms with van der Waals surface area (Å²) in [6.45, 7) is 1.70. The number of halogens is 1. The van der Waals surface area contributed by atoms with E-state index in [4.69, 9.17) is 5.26 Å². The van der Waals surface area contributed by atoms with Crippen LogP contribution in [0, 0.1) is 24.1 Å². The van der Waals surface area contributed by atoms with Gasteiger partial charge in [0.25, 0.3) is 0 Å². The standard InChI is InChI=1S/C13H10FN3/c1-9-8-10(2-3-11(9)14)12-5-7-16-13(17-12)4-6-15/h2-3,5,7-8H,4H2,1H3. The topological polar surface area (TPSA) is 49.6 Å². The van der Waals surface area contributed by atoms with Gasteiger partial charge in [-0.1, -0.05) is 0 Å². The van der Waals surface area contributed by atoms with Gasteiger partial charge in [0.05, 0.1) is 18.2 Å². The van der Waals surface area contributed by atoms with Gasteiger partial charge in [-0.05, 0) is 36.8 Å². The predicted molar refractivity (Wildman–Crippen MR) is 61.5 cm³/mol. The van der Waals surface area contributed by atoms with Crippen LogP contribution in [0.15, 0.2) is 30.5 Å². The minimum Gasteiger partial charge on any atom is -0.240 e. The van der Waals surface area contributed by atoms with Crippen LogP contribution < -0.4 is 0 Å². The van der Waals surface area contributed by atoms with E-state index in [0.717, 1.165) is 5.56 Å². The molecule has 0 bridgehead atoms. The fourth-order valence-corrected chi connectivity index (χ4v) is 1.52. The van der Waals surface area contributed by atoms with Crippen LogP contribution in [0.4, 0.5) is 4.39 Å². The molecule has 1 aromatic heterocycles. The molecule has 2 rings (SSSR count). The molecule has 0 aliphatic heterocycles. The van der Waals surface area contributed by atoms with Gasteiger partial charge in [-0.3, -0.25) is 0 Å².